The Labute approximate surface area is 129 Å². The first-order chi connectivity index (χ1) is 9.66. The Morgan fingerprint density at radius 2 is 1.85 bits per heavy atom. The fraction of sp³-hybridized carbons (Fsp3) is 0.562. The number of nitrogens with one attached hydrogen (secondary N) is 1. The number of carbonyl (C=O) groups excluding carboxylic acids is 1. The number of rotatable bonds is 3. The molecule has 1 aromatic rings. The minimum Gasteiger partial charge on any atom is -0.376 e. The van der Waals surface area contributed by atoms with E-state index in [1.807, 2.05) is 24.0 Å². The quantitative estimate of drug-likeness (QED) is 0.904. The third kappa shape index (κ3) is 4.51. The van der Waals surface area contributed by atoms with Crippen LogP contribution in [0, 0.1) is 6.92 Å². The zero-order valence-corrected chi connectivity index (χ0v) is 13.7. The molecular formula is C16H23BrN2O. The summed E-state index contributed by atoms with van der Waals surface area (Å²) < 4.78 is 1.07. The van der Waals surface area contributed by atoms with Crippen molar-refractivity contribution in [2.75, 3.05) is 25.0 Å². The van der Waals surface area contributed by atoms with Crippen molar-refractivity contribution in [3.05, 3.63) is 28.2 Å². The van der Waals surface area contributed by atoms with E-state index in [2.05, 4.69) is 27.3 Å². The highest BCUT2D eigenvalue weighted by Gasteiger charge is 2.14. The van der Waals surface area contributed by atoms with Crippen LogP contribution in [0.15, 0.2) is 22.7 Å². The molecule has 1 aromatic carbocycles. The van der Waals surface area contributed by atoms with Crippen LogP contribution in [0.4, 0.5) is 5.69 Å². The minimum absolute atomic E-state index is 0.217. The maximum absolute atomic E-state index is 12.3. The lowest BCUT2D eigenvalue weighted by molar-refractivity contribution is -0.129. The molecule has 0 atom stereocenters. The normalized spacial score (nSPS) is 16.4. The maximum Gasteiger partial charge on any atom is 0.241 e. The first-order valence-electron chi connectivity index (χ1n) is 7.44. The summed E-state index contributed by atoms with van der Waals surface area (Å²) in [7, 11) is 0. The van der Waals surface area contributed by atoms with Crippen molar-refractivity contribution in [1.82, 2.24) is 4.90 Å². The molecule has 1 aliphatic heterocycles. The van der Waals surface area contributed by atoms with Crippen LogP contribution >= 0.6 is 15.9 Å². The molecule has 1 amide bonds. The zero-order valence-electron chi connectivity index (χ0n) is 12.1. The lowest BCUT2D eigenvalue weighted by Gasteiger charge is -2.25. The molecule has 0 saturated carbocycles. The standard InChI is InChI=1S/C16H23BrN2O/c1-13-11-14(17)7-8-15(13)18-12-16(20)19-9-5-3-2-4-6-10-19/h7-8,11,18H,2-6,9-10,12H2,1H3. The second-order valence-corrected chi connectivity index (χ2v) is 6.38. The number of halogens is 1. The second kappa shape index (κ2) is 7.67. The molecule has 1 aliphatic rings. The lowest BCUT2D eigenvalue weighted by Crippen LogP contribution is -2.37. The van der Waals surface area contributed by atoms with Crippen LogP contribution in [0.1, 0.15) is 37.7 Å². The van der Waals surface area contributed by atoms with Crippen LogP contribution in [-0.2, 0) is 4.79 Å². The van der Waals surface area contributed by atoms with E-state index in [1.165, 1.54) is 19.3 Å². The van der Waals surface area contributed by atoms with Crippen molar-refractivity contribution in [3.8, 4) is 0 Å². The fourth-order valence-electron chi connectivity index (χ4n) is 2.60. The highest BCUT2D eigenvalue weighted by atomic mass is 79.9. The predicted molar refractivity (Wildman–Crippen MR) is 87.0 cm³/mol. The van der Waals surface area contributed by atoms with Gasteiger partial charge in [0, 0.05) is 23.2 Å². The van der Waals surface area contributed by atoms with Crippen LogP contribution in [0.25, 0.3) is 0 Å². The molecule has 0 radical (unpaired) electrons. The van der Waals surface area contributed by atoms with Gasteiger partial charge in [0.25, 0.3) is 0 Å². The van der Waals surface area contributed by atoms with Crippen molar-refractivity contribution >= 4 is 27.5 Å². The predicted octanol–water partition coefficient (Wildman–Crippen LogP) is 3.96. The van der Waals surface area contributed by atoms with Gasteiger partial charge in [0.15, 0.2) is 0 Å². The molecule has 3 nitrogen and oxygen atoms in total. The average molecular weight is 339 g/mol. The van der Waals surface area contributed by atoms with Crippen molar-refractivity contribution < 1.29 is 4.79 Å². The van der Waals surface area contributed by atoms with E-state index in [1.54, 1.807) is 0 Å². The highest BCUT2D eigenvalue weighted by molar-refractivity contribution is 9.10. The molecule has 1 N–H and O–H groups in total. The van der Waals surface area contributed by atoms with Gasteiger partial charge in [-0.05, 0) is 43.5 Å². The van der Waals surface area contributed by atoms with E-state index in [0.717, 1.165) is 41.7 Å². The van der Waals surface area contributed by atoms with E-state index >= 15 is 0 Å². The zero-order chi connectivity index (χ0) is 14.4. The van der Waals surface area contributed by atoms with Crippen LogP contribution in [0.5, 0.6) is 0 Å². The Morgan fingerprint density at radius 1 is 1.20 bits per heavy atom. The SMILES string of the molecule is Cc1cc(Br)ccc1NCC(=O)N1CCCCCCC1. The Balaban J connectivity index is 1.87. The smallest absolute Gasteiger partial charge is 0.241 e. The number of amides is 1. The average Bonchev–Trinajstić information content (AvgIpc) is 2.37. The fourth-order valence-corrected chi connectivity index (χ4v) is 3.08. The van der Waals surface area contributed by atoms with Gasteiger partial charge in [0.1, 0.15) is 0 Å². The van der Waals surface area contributed by atoms with Gasteiger partial charge >= 0.3 is 0 Å². The van der Waals surface area contributed by atoms with Crippen LogP contribution in [0.2, 0.25) is 0 Å². The van der Waals surface area contributed by atoms with Crippen molar-refractivity contribution in [2.45, 2.75) is 39.0 Å². The number of anilines is 1. The van der Waals surface area contributed by atoms with E-state index in [0.29, 0.717) is 6.54 Å². The number of carbonyl (C=O) groups is 1. The summed E-state index contributed by atoms with van der Waals surface area (Å²) in [4.78, 5) is 14.3. The van der Waals surface area contributed by atoms with Gasteiger partial charge in [-0.25, -0.2) is 0 Å². The van der Waals surface area contributed by atoms with Crippen LogP contribution in [0.3, 0.4) is 0 Å². The number of nitrogens with zero attached hydrogens (tertiary/aromatic N) is 1. The summed E-state index contributed by atoms with van der Waals surface area (Å²) in [5.74, 6) is 0.217. The van der Waals surface area contributed by atoms with Gasteiger partial charge in [0.05, 0.1) is 6.54 Å². The van der Waals surface area contributed by atoms with Gasteiger partial charge in [-0.15, -0.1) is 0 Å². The number of benzene rings is 1. The van der Waals surface area contributed by atoms with Gasteiger partial charge in [-0.1, -0.05) is 35.2 Å². The molecule has 4 heteroatoms. The van der Waals surface area contributed by atoms with Gasteiger partial charge in [-0.2, -0.15) is 0 Å². The molecular weight excluding hydrogens is 316 g/mol. The molecule has 0 aliphatic carbocycles. The van der Waals surface area contributed by atoms with E-state index in [-0.39, 0.29) is 5.91 Å². The second-order valence-electron chi connectivity index (χ2n) is 5.46. The first kappa shape index (κ1) is 15.4. The molecule has 1 saturated heterocycles. The molecule has 0 unspecified atom stereocenters. The van der Waals surface area contributed by atoms with E-state index < -0.39 is 0 Å². The van der Waals surface area contributed by atoms with Crippen molar-refractivity contribution in [2.24, 2.45) is 0 Å². The monoisotopic (exact) mass is 338 g/mol. The van der Waals surface area contributed by atoms with Gasteiger partial charge in [0.2, 0.25) is 5.91 Å². The molecule has 1 heterocycles. The third-order valence-corrected chi connectivity index (χ3v) is 4.32. The lowest BCUT2D eigenvalue weighted by atomic mass is 10.1. The Hall–Kier alpha value is -1.03. The molecule has 20 heavy (non-hydrogen) atoms. The number of hydrogen-bond donors (Lipinski definition) is 1. The van der Waals surface area contributed by atoms with Crippen molar-refractivity contribution in [3.63, 3.8) is 0 Å². The maximum atomic E-state index is 12.3. The molecule has 1 fully saturated rings. The van der Waals surface area contributed by atoms with Crippen LogP contribution in [-0.4, -0.2) is 30.4 Å². The number of likely N-dealkylation sites (tertiary alicyclic amines) is 1. The first-order valence-corrected chi connectivity index (χ1v) is 8.24. The van der Waals surface area contributed by atoms with E-state index in [4.69, 9.17) is 0 Å². The number of aryl methyl sites for hydroxylation is 1. The topological polar surface area (TPSA) is 32.3 Å². The summed E-state index contributed by atoms with van der Waals surface area (Å²) in [6.07, 6.45) is 6.11. The Bertz CT molecular complexity index is 454. The molecule has 0 aromatic heterocycles. The highest BCUT2D eigenvalue weighted by Crippen LogP contribution is 2.20. The molecule has 110 valence electrons. The summed E-state index contributed by atoms with van der Waals surface area (Å²) in [5.41, 5.74) is 2.19. The van der Waals surface area contributed by atoms with Gasteiger partial charge < -0.3 is 10.2 Å². The summed E-state index contributed by atoms with van der Waals surface area (Å²) in [6.45, 7) is 4.27. The minimum atomic E-state index is 0.217. The molecule has 2 rings (SSSR count). The Kier molecular flexibility index (Phi) is 5.89. The van der Waals surface area contributed by atoms with E-state index in [9.17, 15) is 4.79 Å². The third-order valence-electron chi connectivity index (χ3n) is 3.83. The molecule has 0 bridgehead atoms. The summed E-state index contributed by atoms with van der Waals surface area (Å²) in [6, 6.07) is 6.07. The summed E-state index contributed by atoms with van der Waals surface area (Å²) >= 11 is 3.45. The number of hydrogen-bond acceptors (Lipinski definition) is 2. The van der Waals surface area contributed by atoms with Gasteiger partial charge in [-0.3, -0.25) is 4.79 Å². The summed E-state index contributed by atoms with van der Waals surface area (Å²) in [5, 5.41) is 3.26. The molecule has 0 spiro atoms. The Morgan fingerprint density at radius 3 is 2.50 bits per heavy atom. The van der Waals surface area contributed by atoms with Crippen LogP contribution < -0.4 is 5.32 Å². The largest absolute Gasteiger partial charge is 0.376 e. The van der Waals surface area contributed by atoms with Crippen molar-refractivity contribution in [1.29, 1.82) is 0 Å².